The van der Waals surface area contributed by atoms with Crippen molar-refractivity contribution >= 4 is 46.2 Å². The van der Waals surface area contributed by atoms with E-state index in [9.17, 15) is 35.5 Å². The van der Waals surface area contributed by atoms with Crippen LogP contribution in [0.15, 0.2) is 35.0 Å². The third-order valence-corrected chi connectivity index (χ3v) is 16.6. The molecule has 0 bridgehead atoms. The minimum absolute atomic E-state index is 0. The molecule has 0 aromatic carbocycles. The van der Waals surface area contributed by atoms with Gasteiger partial charge in [-0.25, -0.2) is 0 Å². The van der Waals surface area contributed by atoms with Gasteiger partial charge in [0, 0.05) is 68.1 Å². The number of hydrogen-bond acceptors (Lipinski definition) is 6. The Bertz CT molecular complexity index is 901. The summed E-state index contributed by atoms with van der Waals surface area (Å²) in [6, 6.07) is 7.80. The quantitative estimate of drug-likeness (QED) is 0.177. The number of unbranched alkanes of at least 4 members (excludes halogenated alkanes) is 2. The first-order chi connectivity index (χ1) is 16.6. The summed E-state index contributed by atoms with van der Waals surface area (Å²) in [5, 5.41) is 20.2. The van der Waals surface area contributed by atoms with Crippen molar-refractivity contribution < 1.29 is 95.1 Å². The van der Waals surface area contributed by atoms with Crippen LogP contribution in [0.1, 0.15) is 46.0 Å². The normalized spacial score (nSPS) is 14.3. The summed E-state index contributed by atoms with van der Waals surface area (Å²) < 4.78 is 98.1. The van der Waals surface area contributed by atoms with E-state index >= 15 is 0 Å². The van der Waals surface area contributed by atoms with Crippen LogP contribution in [0.5, 0.6) is 0 Å². The van der Waals surface area contributed by atoms with Crippen LogP contribution in [-0.2, 0) is 9.13 Å². The smallest absolute Gasteiger partial charge is 0.384 e. The van der Waals surface area contributed by atoms with E-state index in [2.05, 4.69) is 13.8 Å². The van der Waals surface area contributed by atoms with Gasteiger partial charge in [-0.2, -0.15) is 26.3 Å². The van der Waals surface area contributed by atoms with Crippen molar-refractivity contribution in [2.75, 3.05) is 18.2 Å². The molecule has 0 saturated heterocycles. The predicted molar refractivity (Wildman–Crippen MR) is 136 cm³/mol. The van der Waals surface area contributed by atoms with E-state index in [1.165, 1.54) is 22.7 Å². The van der Waals surface area contributed by atoms with E-state index in [4.69, 9.17) is 10.2 Å². The van der Waals surface area contributed by atoms with Crippen LogP contribution >= 0.6 is 37.0 Å². The Morgan fingerprint density at radius 3 is 1.46 bits per heavy atom. The van der Waals surface area contributed by atoms with Gasteiger partial charge in [0.05, 0.1) is 22.3 Å². The monoisotopic (exact) mass is 753 g/mol. The number of aliphatic hydroxyl groups excluding tert-OH is 2. The molecular formula is C22H32EuF6O4P2S2. The van der Waals surface area contributed by atoms with Gasteiger partial charge in [0.2, 0.25) is 0 Å². The molecule has 2 heterocycles. The number of rotatable bonds is 12. The largest absolute Gasteiger partial charge is 0.414 e. The van der Waals surface area contributed by atoms with Gasteiger partial charge in [-0.05, 0) is 35.7 Å². The molecule has 2 atom stereocenters. The zero-order chi connectivity index (χ0) is 27.6. The van der Waals surface area contributed by atoms with Crippen molar-refractivity contribution in [2.24, 2.45) is 0 Å². The van der Waals surface area contributed by atoms with E-state index in [-0.39, 0.29) is 49.4 Å². The Balaban J connectivity index is 0.000000797. The van der Waals surface area contributed by atoms with E-state index in [0.717, 1.165) is 47.2 Å². The Kier molecular flexibility index (Phi) is 17.5. The summed E-state index contributed by atoms with van der Waals surface area (Å²) in [6.07, 6.45) is -12.9. The summed E-state index contributed by atoms with van der Waals surface area (Å²) in [4.78, 5) is 0. The number of alkyl halides is 6. The maximum absolute atomic E-state index is 13.9. The number of halogens is 6. The zero-order valence-electron chi connectivity index (χ0n) is 20.3. The molecule has 2 N–H and O–H groups in total. The molecule has 15 heteroatoms. The van der Waals surface area contributed by atoms with Crippen molar-refractivity contribution in [1.29, 1.82) is 0 Å². The van der Waals surface area contributed by atoms with Gasteiger partial charge in [0.1, 0.15) is 0 Å². The van der Waals surface area contributed by atoms with Gasteiger partial charge in [-0.15, -0.1) is 22.7 Å². The second kappa shape index (κ2) is 17.0. The summed E-state index contributed by atoms with van der Waals surface area (Å²) in [6.45, 7) is 4.25. The maximum atomic E-state index is 13.9. The van der Waals surface area contributed by atoms with Crippen molar-refractivity contribution in [3.8, 4) is 0 Å². The average molecular weight is 753 g/mol. The molecule has 37 heavy (non-hydrogen) atoms. The van der Waals surface area contributed by atoms with E-state index in [1.54, 1.807) is 0 Å². The molecule has 0 spiro atoms. The fourth-order valence-electron chi connectivity index (χ4n) is 3.19. The predicted octanol–water partition coefficient (Wildman–Crippen LogP) is 7.27. The first-order valence-corrected chi connectivity index (χ1v) is 17.2. The van der Waals surface area contributed by atoms with Crippen LogP contribution in [0.2, 0.25) is 0 Å². The number of hydrogen-bond donors (Lipinski definition) is 2. The van der Waals surface area contributed by atoms with Crippen molar-refractivity contribution in [2.45, 2.75) is 70.5 Å². The van der Waals surface area contributed by atoms with Crippen molar-refractivity contribution in [3.05, 3.63) is 35.0 Å². The van der Waals surface area contributed by atoms with Crippen LogP contribution < -0.4 is 9.24 Å². The Morgan fingerprint density at radius 1 is 0.811 bits per heavy atom. The van der Waals surface area contributed by atoms with Crippen LogP contribution in [0.4, 0.5) is 26.3 Å². The average Bonchev–Trinajstić information content (AvgIpc) is 3.50. The SMILES string of the molecule is CCCCP(=O)(CCCC)CP(=O)(c1cccs1)c1cccs1.OC(CC(O)C(F)(F)F)C(F)(F)F.[Eu]. The van der Waals surface area contributed by atoms with E-state index in [0.29, 0.717) is 5.90 Å². The molecule has 0 saturated carbocycles. The van der Waals surface area contributed by atoms with E-state index in [1.807, 2.05) is 35.0 Å². The molecule has 0 aliphatic rings. The van der Waals surface area contributed by atoms with Gasteiger partial charge < -0.3 is 19.3 Å². The topological polar surface area (TPSA) is 74.6 Å². The van der Waals surface area contributed by atoms with Gasteiger partial charge in [0.25, 0.3) is 0 Å². The minimum atomic E-state index is -5.15. The summed E-state index contributed by atoms with van der Waals surface area (Å²) >= 11 is 3.08. The summed E-state index contributed by atoms with van der Waals surface area (Å²) in [5.41, 5.74) is 0. The molecule has 215 valence electrons. The van der Waals surface area contributed by atoms with Gasteiger partial charge >= 0.3 is 12.4 Å². The first-order valence-electron chi connectivity index (χ1n) is 11.3. The van der Waals surface area contributed by atoms with Crippen LogP contribution in [0.3, 0.4) is 0 Å². The number of aliphatic hydroxyl groups is 2. The van der Waals surface area contributed by atoms with Gasteiger partial charge in [-0.3, -0.25) is 0 Å². The molecular weight excluding hydrogens is 720 g/mol. The van der Waals surface area contributed by atoms with Crippen LogP contribution in [0, 0.1) is 49.4 Å². The maximum Gasteiger partial charge on any atom is 0.414 e. The molecule has 1 radical (unpaired) electrons. The van der Waals surface area contributed by atoms with Crippen LogP contribution in [0.25, 0.3) is 0 Å². The molecule has 4 nitrogen and oxygen atoms in total. The van der Waals surface area contributed by atoms with Crippen LogP contribution in [-0.4, -0.2) is 53.0 Å². The molecule has 0 fully saturated rings. The second-order valence-electron chi connectivity index (χ2n) is 8.35. The van der Waals surface area contributed by atoms with Gasteiger partial charge in [0.15, 0.2) is 19.3 Å². The van der Waals surface area contributed by atoms with Crippen molar-refractivity contribution in [3.63, 3.8) is 0 Å². The second-order valence-corrected chi connectivity index (χ2v) is 17.4. The molecule has 2 aromatic heterocycles. The summed E-state index contributed by atoms with van der Waals surface area (Å²) in [5.74, 6) is 0.376. The summed E-state index contributed by atoms with van der Waals surface area (Å²) in [7, 11) is -5.16. The van der Waals surface area contributed by atoms with E-state index < -0.39 is 45.3 Å². The minimum Gasteiger partial charge on any atom is -0.384 e. The molecule has 0 aliphatic carbocycles. The third-order valence-electron chi connectivity index (χ3n) is 5.22. The fraction of sp³-hybridized carbons (Fsp3) is 0.636. The standard InChI is InChI=1S/C17H26O2P2S2.C5H6F6O2.Eu/c1-3-5-11-20(18,12-6-4-2)15-21(19,16-9-7-13-22-16)17-10-8-14-23-17;6-4(7,8)2(12)1-3(13)5(9,10)11;/h7-10,13-14H,3-6,11-12,15H2,1-2H3;2-3,12-13H,1H2;. The molecule has 2 aromatic rings. The van der Waals surface area contributed by atoms with Gasteiger partial charge in [-0.1, -0.05) is 38.8 Å². The Labute approximate surface area is 262 Å². The molecule has 0 amide bonds. The fourth-order valence-corrected chi connectivity index (χ4v) is 15.7. The molecule has 0 aliphatic heterocycles. The van der Waals surface area contributed by atoms with Crippen molar-refractivity contribution in [1.82, 2.24) is 0 Å². The zero-order valence-corrected chi connectivity index (χ0v) is 26.2. The molecule has 2 rings (SSSR count). The Morgan fingerprint density at radius 2 is 1.19 bits per heavy atom. The third kappa shape index (κ3) is 13.0. The first kappa shape index (κ1) is 37.9. The Hall–Kier alpha value is 0.944. The molecule has 2 unspecified atom stereocenters. The number of thiophene rings is 2.